The molecule has 1 unspecified atom stereocenters. The van der Waals surface area contributed by atoms with Crippen molar-refractivity contribution in [2.24, 2.45) is 0 Å². The van der Waals surface area contributed by atoms with Crippen LogP contribution >= 0.6 is 28.3 Å². The molecule has 1 aromatic carbocycles. The standard InChI is InChI=1S/C16H22BrN3O3.ClH/c1-20(16(22)10-18-9-12-5-4-8-23-12)11-15(21)19-14-7-3-2-6-13(14)17;/h2-3,6-7,12,18H,4-5,8-11H2,1H3,(H,19,21);1H. The van der Waals surface area contributed by atoms with Gasteiger partial charge in [-0.1, -0.05) is 12.1 Å². The van der Waals surface area contributed by atoms with Crippen LogP contribution in [0.3, 0.4) is 0 Å². The van der Waals surface area contributed by atoms with Crippen molar-refractivity contribution in [3.05, 3.63) is 28.7 Å². The molecule has 0 aliphatic carbocycles. The third kappa shape index (κ3) is 6.76. The van der Waals surface area contributed by atoms with Crippen LogP contribution in [0.15, 0.2) is 28.7 Å². The van der Waals surface area contributed by atoms with Gasteiger partial charge >= 0.3 is 0 Å². The monoisotopic (exact) mass is 419 g/mol. The van der Waals surface area contributed by atoms with Gasteiger partial charge in [0.05, 0.1) is 24.9 Å². The number of amides is 2. The minimum Gasteiger partial charge on any atom is -0.377 e. The molecule has 0 saturated carbocycles. The maximum absolute atomic E-state index is 12.0. The molecule has 2 amide bonds. The van der Waals surface area contributed by atoms with E-state index in [1.54, 1.807) is 13.1 Å². The molecule has 6 nitrogen and oxygen atoms in total. The quantitative estimate of drug-likeness (QED) is 0.708. The van der Waals surface area contributed by atoms with E-state index in [2.05, 4.69) is 26.6 Å². The van der Waals surface area contributed by atoms with Gasteiger partial charge in [-0.15, -0.1) is 12.4 Å². The second kappa shape index (κ2) is 10.7. The van der Waals surface area contributed by atoms with Gasteiger partial charge in [-0.2, -0.15) is 0 Å². The van der Waals surface area contributed by atoms with Crippen LogP contribution in [0, 0.1) is 0 Å². The molecule has 8 heteroatoms. The normalized spacial score (nSPS) is 16.3. The highest BCUT2D eigenvalue weighted by molar-refractivity contribution is 9.10. The van der Waals surface area contributed by atoms with Crippen molar-refractivity contribution in [1.82, 2.24) is 10.2 Å². The zero-order chi connectivity index (χ0) is 16.7. The smallest absolute Gasteiger partial charge is 0.244 e. The van der Waals surface area contributed by atoms with Crippen LogP contribution in [0.5, 0.6) is 0 Å². The Balaban J connectivity index is 0.00000288. The van der Waals surface area contributed by atoms with Crippen molar-refractivity contribution in [2.45, 2.75) is 18.9 Å². The van der Waals surface area contributed by atoms with E-state index in [0.29, 0.717) is 12.2 Å². The summed E-state index contributed by atoms with van der Waals surface area (Å²) in [4.78, 5) is 25.4. The van der Waals surface area contributed by atoms with E-state index in [1.165, 1.54) is 4.90 Å². The third-order valence-electron chi connectivity index (χ3n) is 3.63. The molecule has 24 heavy (non-hydrogen) atoms. The van der Waals surface area contributed by atoms with Gasteiger partial charge in [-0.3, -0.25) is 9.59 Å². The van der Waals surface area contributed by atoms with Gasteiger partial charge in [0, 0.05) is 24.7 Å². The first kappa shape index (κ1) is 20.9. The maximum Gasteiger partial charge on any atom is 0.244 e. The third-order valence-corrected chi connectivity index (χ3v) is 4.32. The number of carbonyl (C=O) groups excluding carboxylic acids is 2. The number of para-hydroxylation sites is 1. The number of anilines is 1. The summed E-state index contributed by atoms with van der Waals surface area (Å²) in [5.74, 6) is -0.350. The fourth-order valence-electron chi connectivity index (χ4n) is 2.34. The van der Waals surface area contributed by atoms with Crippen LogP contribution in [-0.2, 0) is 14.3 Å². The highest BCUT2D eigenvalue weighted by Gasteiger charge is 2.17. The molecule has 0 aromatic heterocycles. The van der Waals surface area contributed by atoms with Crippen LogP contribution in [0.1, 0.15) is 12.8 Å². The number of rotatable bonds is 7. The molecule has 2 rings (SSSR count). The fraction of sp³-hybridized carbons (Fsp3) is 0.500. The summed E-state index contributed by atoms with van der Waals surface area (Å²) in [6, 6.07) is 7.35. The Kier molecular flexibility index (Phi) is 9.28. The number of nitrogens with one attached hydrogen (secondary N) is 2. The van der Waals surface area contributed by atoms with E-state index < -0.39 is 0 Å². The van der Waals surface area contributed by atoms with Crippen molar-refractivity contribution in [3.63, 3.8) is 0 Å². The first-order valence-electron chi connectivity index (χ1n) is 7.67. The van der Waals surface area contributed by atoms with Crippen LogP contribution in [0.4, 0.5) is 5.69 Å². The summed E-state index contributed by atoms with van der Waals surface area (Å²) in [6.45, 7) is 1.69. The molecule has 1 atom stereocenters. The van der Waals surface area contributed by atoms with Crippen LogP contribution in [0.25, 0.3) is 0 Å². The molecule has 1 saturated heterocycles. The summed E-state index contributed by atoms with van der Waals surface area (Å²) in [6.07, 6.45) is 2.31. The summed E-state index contributed by atoms with van der Waals surface area (Å²) in [7, 11) is 1.62. The second-order valence-corrected chi connectivity index (χ2v) is 6.40. The Morgan fingerprint density at radius 2 is 2.12 bits per heavy atom. The van der Waals surface area contributed by atoms with E-state index in [4.69, 9.17) is 4.74 Å². The minimum absolute atomic E-state index is 0. The van der Waals surface area contributed by atoms with Crippen LogP contribution in [-0.4, -0.2) is 56.1 Å². The predicted octanol–water partition coefficient (Wildman–Crippen LogP) is 2.04. The maximum atomic E-state index is 12.0. The van der Waals surface area contributed by atoms with Crippen molar-refractivity contribution in [2.75, 3.05) is 38.6 Å². The summed E-state index contributed by atoms with van der Waals surface area (Å²) >= 11 is 3.37. The zero-order valence-corrected chi connectivity index (χ0v) is 16.0. The fourth-order valence-corrected chi connectivity index (χ4v) is 2.72. The second-order valence-electron chi connectivity index (χ2n) is 5.54. The van der Waals surface area contributed by atoms with Gasteiger partial charge in [0.1, 0.15) is 0 Å². The molecular weight excluding hydrogens is 398 g/mol. The lowest BCUT2D eigenvalue weighted by molar-refractivity contribution is -0.132. The molecule has 1 heterocycles. The predicted molar refractivity (Wildman–Crippen MR) is 99.5 cm³/mol. The van der Waals surface area contributed by atoms with Crippen molar-refractivity contribution in [3.8, 4) is 0 Å². The van der Waals surface area contributed by atoms with Crippen LogP contribution < -0.4 is 10.6 Å². The SMILES string of the molecule is CN(CC(=O)Nc1ccccc1Br)C(=O)CNCC1CCCO1.Cl. The molecular formula is C16H23BrClN3O3. The van der Waals surface area contributed by atoms with Gasteiger partial charge in [-0.05, 0) is 40.9 Å². The molecule has 0 spiro atoms. The van der Waals surface area contributed by atoms with Gasteiger partial charge in [-0.25, -0.2) is 0 Å². The Morgan fingerprint density at radius 3 is 2.79 bits per heavy atom. The first-order chi connectivity index (χ1) is 11.1. The number of nitrogens with zero attached hydrogens (tertiary/aromatic N) is 1. The average molecular weight is 421 g/mol. The molecule has 0 bridgehead atoms. The van der Waals surface area contributed by atoms with Gasteiger partial charge < -0.3 is 20.3 Å². The summed E-state index contributed by atoms with van der Waals surface area (Å²) in [5.41, 5.74) is 0.690. The summed E-state index contributed by atoms with van der Waals surface area (Å²) < 4.78 is 6.29. The largest absolute Gasteiger partial charge is 0.377 e. The minimum atomic E-state index is -0.230. The van der Waals surface area contributed by atoms with E-state index in [9.17, 15) is 9.59 Å². The van der Waals surface area contributed by atoms with Gasteiger partial charge in [0.2, 0.25) is 11.8 Å². The van der Waals surface area contributed by atoms with Gasteiger partial charge in [0.15, 0.2) is 0 Å². The number of hydrogen-bond acceptors (Lipinski definition) is 4. The molecule has 2 N–H and O–H groups in total. The van der Waals surface area contributed by atoms with Crippen molar-refractivity contribution in [1.29, 1.82) is 0 Å². The molecule has 0 radical (unpaired) electrons. The first-order valence-corrected chi connectivity index (χ1v) is 8.46. The molecule has 1 aromatic rings. The Labute approximate surface area is 156 Å². The lowest BCUT2D eigenvalue weighted by Crippen LogP contribution is -2.41. The Hall–Kier alpha value is -1.15. The van der Waals surface area contributed by atoms with Gasteiger partial charge in [0.25, 0.3) is 0 Å². The molecule has 1 aliphatic rings. The molecule has 134 valence electrons. The molecule has 1 aliphatic heterocycles. The number of hydrogen-bond donors (Lipinski definition) is 2. The zero-order valence-electron chi connectivity index (χ0n) is 13.6. The van der Waals surface area contributed by atoms with Crippen LogP contribution in [0.2, 0.25) is 0 Å². The lowest BCUT2D eigenvalue weighted by atomic mass is 10.2. The number of carbonyl (C=O) groups is 2. The number of likely N-dealkylation sites (N-methyl/N-ethyl adjacent to an activating group) is 1. The average Bonchev–Trinajstić information content (AvgIpc) is 3.02. The van der Waals surface area contributed by atoms with E-state index in [0.717, 1.165) is 23.9 Å². The highest BCUT2D eigenvalue weighted by Crippen LogP contribution is 2.20. The lowest BCUT2D eigenvalue weighted by Gasteiger charge is -2.18. The highest BCUT2D eigenvalue weighted by atomic mass is 79.9. The Morgan fingerprint density at radius 1 is 1.38 bits per heavy atom. The van der Waals surface area contributed by atoms with Crippen molar-refractivity contribution < 1.29 is 14.3 Å². The van der Waals surface area contributed by atoms with E-state index in [-0.39, 0.29) is 43.4 Å². The number of benzene rings is 1. The number of halogens is 2. The topological polar surface area (TPSA) is 70.7 Å². The van der Waals surface area contributed by atoms with E-state index >= 15 is 0 Å². The Bertz CT molecular complexity index is 553. The van der Waals surface area contributed by atoms with E-state index in [1.807, 2.05) is 18.2 Å². The van der Waals surface area contributed by atoms with Crippen molar-refractivity contribution >= 4 is 45.8 Å². The summed E-state index contributed by atoms with van der Waals surface area (Å²) in [5, 5.41) is 5.86. The number of ether oxygens (including phenoxy) is 1. The molecule has 1 fully saturated rings.